The van der Waals surface area contributed by atoms with Crippen LogP contribution >= 0.6 is 0 Å². The minimum Gasteiger partial charge on any atom is -0.759 e. The summed E-state index contributed by atoms with van der Waals surface area (Å²) < 4.78 is 34.1. The Morgan fingerprint density at radius 3 is 1.54 bits per heavy atom. The van der Waals surface area contributed by atoms with Crippen LogP contribution in [0.5, 0.6) is 5.75 Å². The Bertz CT molecular complexity index is 301. The van der Waals surface area contributed by atoms with Gasteiger partial charge >= 0.3 is 19.5 Å². The molecule has 1 rings (SSSR count). The van der Waals surface area contributed by atoms with Crippen molar-refractivity contribution in [1.82, 2.24) is 0 Å². The Morgan fingerprint density at radius 1 is 1.08 bits per heavy atom. The Balaban J connectivity index is 0. The molecule has 1 N–H and O–H groups in total. The normalized spacial score (nSPS) is 9.08. The molecule has 5 nitrogen and oxygen atoms in total. The Morgan fingerprint density at radius 2 is 1.38 bits per heavy atom. The number of rotatable bonds is 0. The molecule has 0 amide bonds. The first kappa shape index (κ1) is 15.0. The molecule has 0 heterocycles. The second-order valence-corrected chi connectivity index (χ2v) is 2.56. The van der Waals surface area contributed by atoms with E-state index in [1.54, 1.807) is 24.3 Å². The maximum Gasteiger partial charge on any atom is 2.00 e. The molecule has 0 radical (unpaired) electrons. The Kier molecular flexibility index (Phi) is 8.04. The minimum absolute atomic E-state index is 0. The quantitative estimate of drug-likeness (QED) is 0.401. The van der Waals surface area contributed by atoms with Gasteiger partial charge in [-0.25, -0.2) is 0 Å². The largest absolute Gasteiger partial charge is 2.00 e. The zero-order chi connectivity index (χ0) is 9.61. The molecule has 0 saturated heterocycles. The fraction of sp³-hybridized carbons (Fsp3) is 0. The summed E-state index contributed by atoms with van der Waals surface area (Å²) in [7, 11) is -5.17. The van der Waals surface area contributed by atoms with Crippen LogP contribution in [0.15, 0.2) is 30.3 Å². The van der Waals surface area contributed by atoms with Crippen molar-refractivity contribution in [2.45, 2.75) is 0 Å². The van der Waals surface area contributed by atoms with E-state index >= 15 is 0 Å². The molecule has 0 atom stereocenters. The van der Waals surface area contributed by atoms with Gasteiger partial charge in [-0.2, -0.15) is 0 Å². The van der Waals surface area contributed by atoms with Gasteiger partial charge in [-0.05, 0) is 12.1 Å². The van der Waals surface area contributed by atoms with E-state index in [1.165, 1.54) is 0 Å². The molecule has 0 unspecified atom stereocenters. The van der Waals surface area contributed by atoms with E-state index in [-0.39, 0.29) is 19.5 Å². The Labute approximate surface area is 88.7 Å². The van der Waals surface area contributed by atoms with Crippen molar-refractivity contribution < 1.29 is 42.1 Å². The first-order chi connectivity index (χ1) is 5.39. The smallest absolute Gasteiger partial charge is 0.759 e. The van der Waals surface area contributed by atoms with Crippen LogP contribution in [0.3, 0.4) is 0 Å². The molecular formula is C6H6O5SZn. The second kappa shape index (κ2) is 6.97. The molecule has 1 aromatic carbocycles. The van der Waals surface area contributed by atoms with Gasteiger partial charge in [0.05, 0.1) is 0 Å². The number of para-hydroxylation sites is 1. The minimum atomic E-state index is -5.17. The van der Waals surface area contributed by atoms with Gasteiger partial charge < -0.3 is 14.2 Å². The summed E-state index contributed by atoms with van der Waals surface area (Å²) in [5.41, 5.74) is 0. The number of hydrogen-bond donors (Lipinski definition) is 1. The van der Waals surface area contributed by atoms with Gasteiger partial charge in [0, 0.05) is 10.4 Å². The van der Waals surface area contributed by atoms with Crippen molar-refractivity contribution >= 4 is 10.4 Å². The van der Waals surface area contributed by atoms with Crippen LogP contribution in [-0.2, 0) is 29.9 Å². The number of benzene rings is 1. The fourth-order valence-electron chi connectivity index (χ4n) is 0.428. The number of phenols is 1. The standard InChI is InChI=1S/C6H6O.H2O4S.Zn/c7-6-4-2-1-3-5-6;1-5(2,3)4;/h1-5,7H;(H2,1,2,3,4);/q;;+2/p-2. The number of aromatic hydroxyl groups is 1. The average Bonchev–Trinajstić information content (AvgIpc) is 1.85. The average molecular weight is 256 g/mol. The molecule has 0 aliphatic rings. The van der Waals surface area contributed by atoms with Crippen molar-refractivity contribution in [3.63, 3.8) is 0 Å². The fourth-order valence-corrected chi connectivity index (χ4v) is 0.428. The third-order valence-electron chi connectivity index (χ3n) is 0.756. The molecule has 0 spiro atoms. The van der Waals surface area contributed by atoms with E-state index in [4.69, 9.17) is 22.6 Å². The molecule has 0 aromatic heterocycles. The van der Waals surface area contributed by atoms with Crippen LogP contribution in [-0.4, -0.2) is 22.6 Å². The van der Waals surface area contributed by atoms with E-state index in [1.807, 2.05) is 6.07 Å². The molecule has 13 heavy (non-hydrogen) atoms. The number of phenolic OH excluding ortho intramolecular Hbond substituents is 1. The summed E-state index contributed by atoms with van der Waals surface area (Å²) in [5, 5.41) is 8.63. The molecule has 7 heteroatoms. The topological polar surface area (TPSA) is 100 Å². The first-order valence-corrected chi connectivity index (χ1v) is 4.13. The van der Waals surface area contributed by atoms with Crippen LogP contribution in [0.1, 0.15) is 0 Å². The van der Waals surface area contributed by atoms with Gasteiger partial charge in [-0.15, -0.1) is 0 Å². The molecule has 1 aromatic rings. The van der Waals surface area contributed by atoms with E-state index < -0.39 is 10.4 Å². The van der Waals surface area contributed by atoms with E-state index in [0.29, 0.717) is 5.75 Å². The molecule has 0 bridgehead atoms. The third kappa shape index (κ3) is 18.5. The van der Waals surface area contributed by atoms with Crippen molar-refractivity contribution in [2.75, 3.05) is 0 Å². The summed E-state index contributed by atoms with van der Waals surface area (Å²) in [6.07, 6.45) is 0. The maximum absolute atomic E-state index is 8.63. The van der Waals surface area contributed by atoms with E-state index in [0.717, 1.165) is 0 Å². The van der Waals surface area contributed by atoms with Crippen LogP contribution < -0.4 is 0 Å². The number of hydrogen-bond acceptors (Lipinski definition) is 5. The van der Waals surface area contributed by atoms with Crippen molar-refractivity contribution in [2.24, 2.45) is 0 Å². The van der Waals surface area contributed by atoms with Gasteiger partial charge in [0.15, 0.2) is 0 Å². The van der Waals surface area contributed by atoms with Crippen LogP contribution in [0.4, 0.5) is 0 Å². The summed E-state index contributed by atoms with van der Waals surface area (Å²) in [6.45, 7) is 0. The monoisotopic (exact) mass is 254 g/mol. The summed E-state index contributed by atoms with van der Waals surface area (Å²) in [5.74, 6) is 0.322. The SMILES string of the molecule is O=S(=O)([O-])[O-].Oc1ccccc1.[Zn+2]. The van der Waals surface area contributed by atoms with Crippen molar-refractivity contribution in [1.29, 1.82) is 0 Å². The van der Waals surface area contributed by atoms with Gasteiger partial charge in [-0.3, -0.25) is 8.42 Å². The van der Waals surface area contributed by atoms with Crippen LogP contribution in [0.2, 0.25) is 0 Å². The summed E-state index contributed by atoms with van der Waals surface area (Å²) in [4.78, 5) is 0. The molecule has 0 fully saturated rings. The molecule has 0 aliphatic heterocycles. The van der Waals surface area contributed by atoms with E-state index in [2.05, 4.69) is 0 Å². The molecule has 0 saturated carbocycles. The third-order valence-corrected chi connectivity index (χ3v) is 0.756. The van der Waals surface area contributed by atoms with Crippen molar-refractivity contribution in [3.8, 4) is 5.75 Å². The van der Waals surface area contributed by atoms with Gasteiger partial charge in [-0.1, -0.05) is 18.2 Å². The maximum atomic E-state index is 8.63. The van der Waals surface area contributed by atoms with E-state index in [9.17, 15) is 0 Å². The second-order valence-electron chi connectivity index (χ2n) is 1.74. The first-order valence-electron chi connectivity index (χ1n) is 2.80. The molecule has 68 valence electrons. The molecule has 0 aliphatic carbocycles. The van der Waals surface area contributed by atoms with Crippen molar-refractivity contribution in [3.05, 3.63) is 30.3 Å². The predicted octanol–water partition coefficient (Wildman–Crippen LogP) is 0.0517. The zero-order valence-electron chi connectivity index (χ0n) is 6.58. The summed E-state index contributed by atoms with van der Waals surface area (Å²) >= 11 is 0. The zero-order valence-corrected chi connectivity index (χ0v) is 10.4. The van der Waals surface area contributed by atoms with Gasteiger partial charge in [0.1, 0.15) is 5.75 Å². The van der Waals surface area contributed by atoms with Gasteiger partial charge in [0.2, 0.25) is 0 Å². The van der Waals surface area contributed by atoms with Crippen LogP contribution in [0, 0.1) is 0 Å². The van der Waals surface area contributed by atoms with Gasteiger partial charge in [0.25, 0.3) is 0 Å². The molecular weight excluding hydrogens is 250 g/mol. The Hall–Kier alpha value is -0.487. The predicted molar refractivity (Wildman–Crippen MR) is 38.6 cm³/mol. The summed E-state index contributed by atoms with van der Waals surface area (Å²) in [6, 6.07) is 8.71. The van der Waals surface area contributed by atoms with Crippen LogP contribution in [0.25, 0.3) is 0 Å².